The van der Waals surface area contributed by atoms with Gasteiger partial charge < -0.3 is 0 Å². The zero-order chi connectivity index (χ0) is 11.1. The van der Waals surface area contributed by atoms with E-state index >= 15 is 0 Å². The molecule has 0 saturated carbocycles. The van der Waals surface area contributed by atoms with E-state index in [-0.39, 0.29) is 0 Å². The third-order valence-corrected chi connectivity index (χ3v) is 2.30. The number of para-hydroxylation sites is 1. The molecule has 0 fully saturated rings. The summed E-state index contributed by atoms with van der Waals surface area (Å²) in [6, 6.07) is 20.2. The quantitative estimate of drug-likeness (QED) is 0.608. The average Bonchev–Trinajstić information content (AvgIpc) is 2.37. The van der Waals surface area contributed by atoms with Crippen LogP contribution in [0, 0.1) is 0 Å². The summed E-state index contributed by atoms with van der Waals surface area (Å²) >= 11 is 0. The van der Waals surface area contributed by atoms with Gasteiger partial charge in [-0.05, 0) is 24.1 Å². The Bertz CT molecular complexity index is 358. The first kappa shape index (κ1) is 10.7. The lowest BCUT2D eigenvalue weighted by atomic mass is 10.2. The van der Waals surface area contributed by atoms with Gasteiger partial charge in [0.05, 0.1) is 12.3 Å². The van der Waals surface area contributed by atoms with Crippen LogP contribution in [0.1, 0.15) is 5.56 Å². The molecule has 1 N–H and O–H groups in total. The molecule has 0 atom stereocenters. The van der Waals surface area contributed by atoms with Gasteiger partial charge >= 0.3 is 0 Å². The van der Waals surface area contributed by atoms with Crippen molar-refractivity contribution in [2.75, 3.05) is 12.1 Å². The third kappa shape index (κ3) is 3.41. The lowest BCUT2D eigenvalue weighted by Gasteiger charge is -2.06. The molecular weight excluding hydrogens is 198 g/mol. The van der Waals surface area contributed by atoms with Crippen molar-refractivity contribution in [3.8, 4) is 0 Å². The van der Waals surface area contributed by atoms with Gasteiger partial charge in [-0.15, -0.1) is 0 Å². The number of nitrogens with one attached hydrogen (secondary N) is 1. The lowest BCUT2D eigenvalue weighted by Crippen LogP contribution is -2.04. The Morgan fingerprint density at radius 2 is 1.44 bits per heavy atom. The standard InChI is InChI=1S/C14H15NO/c1-3-7-13(8-4-1)11-12-16-15-14-9-5-2-6-10-14/h1-10,15H,11-12H2. The van der Waals surface area contributed by atoms with Crippen LogP contribution in [-0.4, -0.2) is 6.61 Å². The van der Waals surface area contributed by atoms with E-state index in [0.717, 1.165) is 12.1 Å². The highest BCUT2D eigenvalue weighted by molar-refractivity contribution is 5.39. The van der Waals surface area contributed by atoms with Crippen LogP contribution in [0.15, 0.2) is 60.7 Å². The first-order valence-corrected chi connectivity index (χ1v) is 5.42. The molecule has 0 aliphatic heterocycles. The fraction of sp³-hybridized carbons (Fsp3) is 0.143. The number of rotatable bonds is 5. The van der Waals surface area contributed by atoms with Gasteiger partial charge in [0.1, 0.15) is 0 Å². The predicted molar refractivity (Wildman–Crippen MR) is 66.2 cm³/mol. The number of hydrogen-bond donors (Lipinski definition) is 1. The third-order valence-electron chi connectivity index (χ3n) is 2.30. The summed E-state index contributed by atoms with van der Waals surface area (Å²) in [7, 11) is 0. The topological polar surface area (TPSA) is 21.3 Å². The molecular formula is C14H15NO. The Hall–Kier alpha value is -1.80. The van der Waals surface area contributed by atoms with E-state index in [4.69, 9.17) is 4.84 Å². The van der Waals surface area contributed by atoms with Crippen molar-refractivity contribution in [1.82, 2.24) is 0 Å². The molecule has 0 aliphatic rings. The normalized spacial score (nSPS) is 10.0. The van der Waals surface area contributed by atoms with Crippen molar-refractivity contribution in [2.24, 2.45) is 0 Å². The second-order valence-corrected chi connectivity index (χ2v) is 3.55. The Kier molecular flexibility index (Phi) is 3.97. The van der Waals surface area contributed by atoms with Gasteiger partial charge in [0.25, 0.3) is 0 Å². The highest BCUT2D eigenvalue weighted by Crippen LogP contribution is 2.05. The maximum Gasteiger partial charge on any atom is 0.0786 e. The Balaban J connectivity index is 1.70. The summed E-state index contributed by atoms with van der Waals surface area (Å²) in [6.07, 6.45) is 0.917. The van der Waals surface area contributed by atoms with Crippen LogP contribution in [-0.2, 0) is 11.3 Å². The molecule has 2 nitrogen and oxygen atoms in total. The van der Waals surface area contributed by atoms with Crippen molar-refractivity contribution in [3.05, 3.63) is 66.2 Å². The average molecular weight is 213 g/mol. The Morgan fingerprint density at radius 3 is 2.12 bits per heavy atom. The second kappa shape index (κ2) is 5.93. The minimum Gasteiger partial charge on any atom is -0.276 e. The SMILES string of the molecule is c1ccc(CCONc2ccccc2)cc1. The largest absolute Gasteiger partial charge is 0.276 e. The van der Waals surface area contributed by atoms with Gasteiger partial charge in [0.15, 0.2) is 0 Å². The van der Waals surface area contributed by atoms with Crippen molar-refractivity contribution in [1.29, 1.82) is 0 Å². The molecule has 2 aromatic carbocycles. The zero-order valence-corrected chi connectivity index (χ0v) is 9.10. The van der Waals surface area contributed by atoms with Crippen LogP contribution in [0.25, 0.3) is 0 Å². The number of benzene rings is 2. The van der Waals surface area contributed by atoms with Gasteiger partial charge in [-0.3, -0.25) is 10.3 Å². The van der Waals surface area contributed by atoms with Gasteiger partial charge in [-0.1, -0.05) is 48.5 Å². The Morgan fingerprint density at radius 1 is 0.812 bits per heavy atom. The molecule has 2 heteroatoms. The molecule has 16 heavy (non-hydrogen) atoms. The monoisotopic (exact) mass is 213 g/mol. The van der Waals surface area contributed by atoms with Crippen molar-refractivity contribution in [3.63, 3.8) is 0 Å². The van der Waals surface area contributed by atoms with E-state index in [1.54, 1.807) is 0 Å². The zero-order valence-electron chi connectivity index (χ0n) is 9.10. The highest BCUT2D eigenvalue weighted by Gasteiger charge is 1.92. The molecule has 0 unspecified atom stereocenters. The van der Waals surface area contributed by atoms with E-state index < -0.39 is 0 Å². The fourth-order valence-corrected chi connectivity index (χ4v) is 1.45. The maximum absolute atomic E-state index is 5.37. The van der Waals surface area contributed by atoms with Gasteiger partial charge in [0, 0.05) is 0 Å². The van der Waals surface area contributed by atoms with Crippen LogP contribution in [0.4, 0.5) is 5.69 Å². The van der Waals surface area contributed by atoms with Gasteiger partial charge in [-0.25, -0.2) is 0 Å². The molecule has 0 spiro atoms. The molecule has 0 heterocycles. The molecule has 0 bridgehead atoms. The maximum atomic E-state index is 5.37. The molecule has 82 valence electrons. The van der Waals surface area contributed by atoms with E-state index in [1.807, 2.05) is 48.5 Å². The summed E-state index contributed by atoms with van der Waals surface area (Å²) in [6.45, 7) is 0.666. The van der Waals surface area contributed by atoms with E-state index in [2.05, 4.69) is 17.6 Å². The summed E-state index contributed by atoms with van der Waals surface area (Å²) in [5, 5.41) is 0. The van der Waals surface area contributed by atoms with Crippen molar-refractivity contribution < 1.29 is 4.84 Å². The summed E-state index contributed by atoms with van der Waals surface area (Å²) in [5.41, 5.74) is 5.19. The van der Waals surface area contributed by atoms with E-state index in [9.17, 15) is 0 Å². The van der Waals surface area contributed by atoms with Gasteiger partial charge in [-0.2, -0.15) is 0 Å². The minimum atomic E-state index is 0.666. The first-order chi connectivity index (χ1) is 7.95. The van der Waals surface area contributed by atoms with Crippen molar-refractivity contribution in [2.45, 2.75) is 6.42 Å². The van der Waals surface area contributed by atoms with Crippen LogP contribution in [0.2, 0.25) is 0 Å². The molecule has 0 aliphatic carbocycles. The number of hydrogen-bond acceptors (Lipinski definition) is 2. The molecule has 2 aromatic rings. The van der Waals surface area contributed by atoms with Crippen LogP contribution >= 0.6 is 0 Å². The molecule has 0 radical (unpaired) electrons. The molecule has 2 rings (SSSR count). The smallest absolute Gasteiger partial charge is 0.0786 e. The molecule has 0 amide bonds. The van der Waals surface area contributed by atoms with Crippen LogP contribution in [0.5, 0.6) is 0 Å². The first-order valence-electron chi connectivity index (χ1n) is 5.42. The van der Waals surface area contributed by atoms with E-state index in [0.29, 0.717) is 6.61 Å². The Labute approximate surface area is 95.8 Å². The second-order valence-electron chi connectivity index (χ2n) is 3.55. The highest BCUT2D eigenvalue weighted by atomic mass is 16.6. The fourth-order valence-electron chi connectivity index (χ4n) is 1.45. The summed E-state index contributed by atoms with van der Waals surface area (Å²) < 4.78 is 0. The van der Waals surface area contributed by atoms with Crippen LogP contribution in [0.3, 0.4) is 0 Å². The van der Waals surface area contributed by atoms with E-state index in [1.165, 1.54) is 5.56 Å². The molecule has 0 aromatic heterocycles. The van der Waals surface area contributed by atoms with Gasteiger partial charge in [0.2, 0.25) is 0 Å². The predicted octanol–water partition coefficient (Wildman–Crippen LogP) is 3.27. The molecule has 0 saturated heterocycles. The van der Waals surface area contributed by atoms with Crippen LogP contribution < -0.4 is 5.48 Å². The minimum absolute atomic E-state index is 0.666. The van der Waals surface area contributed by atoms with Crippen molar-refractivity contribution >= 4 is 5.69 Å². The summed E-state index contributed by atoms with van der Waals surface area (Å²) in [4.78, 5) is 5.37. The summed E-state index contributed by atoms with van der Waals surface area (Å²) in [5.74, 6) is 0. The lowest BCUT2D eigenvalue weighted by molar-refractivity contribution is 0.197. The number of anilines is 1.